The van der Waals surface area contributed by atoms with E-state index in [2.05, 4.69) is 15.3 Å². The number of non-ortho nitro benzene ring substituents is 1. The molecule has 0 atom stereocenters. The lowest BCUT2D eigenvalue weighted by Gasteiger charge is -2.06. The zero-order valence-corrected chi connectivity index (χ0v) is 12.0. The van der Waals surface area contributed by atoms with Gasteiger partial charge in [0.25, 0.3) is 5.69 Å². The van der Waals surface area contributed by atoms with Crippen molar-refractivity contribution < 1.29 is 4.92 Å². The van der Waals surface area contributed by atoms with Crippen molar-refractivity contribution in [1.29, 1.82) is 0 Å². The molecular formula is C13H14N4O2S. The predicted octanol–water partition coefficient (Wildman–Crippen LogP) is 3.28. The molecule has 0 spiro atoms. The molecule has 0 saturated heterocycles. The van der Waals surface area contributed by atoms with Crippen molar-refractivity contribution in [3.05, 3.63) is 46.3 Å². The Kier molecular flexibility index (Phi) is 4.52. The van der Waals surface area contributed by atoms with E-state index in [1.165, 1.54) is 23.9 Å². The van der Waals surface area contributed by atoms with Crippen LogP contribution in [0.3, 0.4) is 0 Å². The fourth-order valence-corrected chi connectivity index (χ4v) is 2.48. The van der Waals surface area contributed by atoms with Crippen LogP contribution in [-0.2, 0) is 0 Å². The number of rotatable bonds is 5. The molecule has 2 aromatic rings. The molecule has 1 heterocycles. The van der Waals surface area contributed by atoms with Gasteiger partial charge in [0.15, 0.2) is 0 Å². The largest absolute Gasteiger partial charge is 0.370 e. The van der Waals surface area contributed by atoms with Crippen LogP contribution in [-0.4, -0.2) is 21.4 Å². The molecule has 1 N–H and O–H groups in total. The number of hydrogen-bond donors (Lipinski definition) is 1. The Morgan fingerprint density at radius 1 is 1.30 bits per heavy atom. The van der Waals surface area contributed by atoms with Crippen LogP contribution >= 0.6 is 11.8 Å². The Labute approximate surface area is 120 Å². The van der Waals surface area contributed by atoms with Gasteiger partial charge in [-0.1, -0.05) is 11.8 Å². The van der Waals surface area contributed by atoms with Gasteiger partial charge in [-0.2, -0.15) is 0 Å². The van der Waals surface area contributed by atoms with Gasteiger partial charge >= 0.3 is 0 Å². The number of nitrogens with zero attached hydrogens (tertiary/aromatic N) is 3. The molecule has 1 aromatic heterocycles. The molecule has 0 fully saturated rings. The van der Waals surface area contributed by atoms with Crippen LogP contribution in [0, 0.1) is 17.0 Å². The summed E-state index contributed by atoms with van der Waals surface area (Å²) in [6.07, 6.45) is 0. The van der Waals surface area contributed by atoms with Gasteiger partial charge < -0.3 is 5.32 Å². The molecule has 6 nitrogen and oxygen atoms in total. The smallest absolute Gasteiger partial charge is 0.269 e. The lowest BCUT2D eigenvalue weighted by molar-refractivity contribution is -0.384. The lowest BCUT2D eigenvalue weighted by Crippen LogP contribution is -2.02. The van der Waals surface area contributed by atoms with Crippen molar-refractivity contribution in [1.82, 2.24) is 9.97 Å². The first-order valence-electron chi connectivity index (χ1n) is 6.10. The van der Waals surface area contributed by atoms with E-state index in [4.69, 9.17) is 0 Å². The van der Waals surface area contributed by atoms with Crippen molar-refractivity contribution in [2.45, 2.75) is 23.8 Å². The predicted molar refractivity (Wildman–Crippen MR) is 78.2 cm³/mol. The first-order valence-corrected chi connectivity index (χ1v) is 6.92. The number of anilines is 1. The minimum absolute atomic E-state index is 0.0848. The van der Waals surface area contributed by atoms with Crippen LogP contribution in [0.15, 0.2) is 40.3 Å². The van der Waals surface area contributed by atoms with E-state index in [0.29, 0.717) is 5.82 Å². The van der Waals surface area contributed by atoms with Crippen LogP contribution in [0.5, 0.6) is 0 Å². The molecule has 0 aliphatic carbocycles. The summed E-state index contributed by atoms with van der Waals surface area (Å²) in [5, 5.41) is 14.6. The normalized spacial score (nSPS) is 10.3. The monoisotopic (exact) mass is 290 g/mol. The average Bonchev–Trinajstić information content (AvgIpc) is 2.39. The molecule has 0 aliphatic heterocycles. The van der Waals surface area contributed by atoms with Gasteiger partial charge in [-0.3, -0.25) is 10.1 Å². The minimum Gasteiger partial charge on any atom is -0.370 e. The minimum atomic E-state index is -0.410. The van der Waals surface area contributed by atoms with Crippen molar-refractivity contribution in [3.63, 3.8) is 0 Å². The molecule has 7 heteroatoms. The highest BCUT2D eigenvalue weighted by Gasteiger charge is 2.07. The second-order valence-corrected chi connectivity index (χ2v) is 5.12. The third-order valence-corrected chi connectivity index (χ3v) is 3.37. The summed E-state index contributed by atoms with van der Waals surface area (Å²) in [6, 6.07) is 8.27. The van der Waals surface area contributed by atoms with Gasteiger partial charge in [0, 0.05) is 29.6 Å². The third kappa shape index (κ3) is 3.67. The molecule has 0 amide bonds. The summed E-state index contributed by atoms with van der Waals surface area (Å²) in [6.45, 7) is 4.62. The van der Waals surface area contributed by atoms with Gasteiger partial charge in [0.1, 0.15) is 16.7 Å². The number of nitro benzene ring substituents is 1. The van der Waals surface area contributed by atoms with E-state index in [0.717, 1.165) is 22.3 Å². The number of nitro groups is 1. The standard InChI is InChI=1S/C13H14N4O2S/c1-3-14-12-8-13(16-9(2)15-12)20-11-6-4-10(5-7-11)17(18)19/h4-8H,3H2,1-2H3,(H,14,15,16). The number of hydrogen-bond acceptors (Lipinski definition) is 6. The molecular weight excluding hydrogens is 276 g/mol. The first kappa shape index (κ1) is 14.3. The SMILES string of the molecule is CCNc1cc(Sc2ccc([N+](=O)[O-])cc2)nc(C)n1. The summed E-state index contributed by atoms with van der Waals surface area (Å²) >= 11 is 1.45. The number of benzene rings is 1. The summed E-state index contributed by atoms with van der Waals surface area (Å²) in [4.78, 5) is 19.7. The van der Waals surface area contributed by atoms with E-state index < -0.39 is 4.92 Å². The highest BCUT2D eigenvalue weighted by molar-refractivity contribution is 7.99. The van der Waals surface area contributed by atoms with Gasteiger partial charge in [-0.25, -0.2) is 9.97 Å². The molecule has 0 unspecified atom stereocenters. The van der Waals surface area contributed by atoms with Crippen molar-refractivity contribution in [2.75, 3.05) is 11.9 Å². The van der Waals surface area contributed by atoms with Crippen LogP contribution in [0.1, 0.15) is 12.7 Å². The Bertz CT molecular complexity index is 616. The lowest BCUT2D eigenvalue weighted by atomic mass is 10.3. The summed E-state index contributed by atoms with van der Waals surface area (Å²) in [7, 11) is 0. The van der Waals surface area contributed by atoms with Crippen LogP contribution < -0.4 is 5.32 Å². The third-order valence-electron chi connectivity index (χ3n) is 2.44. The second-order valence-electron chi connectivity index (χ2n) is 4.02. The van der Waals surface area contributed by atoms with Gasteiger partial charge in [-0.05, 0) is 26.0 Å². The number of aromatic nitrogens is 2. The van der Waals surface area contributed by atoms with Crippen LogP contribution in [0.2, 0.25) is 0 Å². The molecule has 0 bridgehead atoms. The zero-order valence-electron chi connectivity index (χ0n) is 11.2. The highest BCUT2D eigenvalue weighted by atomic mass is 32.2. The Balaban J connectivity index is 2.18. The Morgan fingerprint density at radius 3 is 2.60 bits per heavy atom. The molecule has 0 saturated carbocycles. The maximum Gasteiger partial charge on any atom is 0.269 e. The summed E-state index contributed by atoms with van der Waals surface area (Å²) < 4.78 is 0. The maximum atomic E-state index is 10.6. The molecule has 20 heavy (non-hydrogen) atoms. The van der Waals surface area contributed by atoms with E-state index in [1.54, 1.807) is 12.1 Å². The van der Waals surface area contributed by atoms with Crippen molar-refractivity contribution in [3.8, 4) is 0 Å². The van der Waals surface area contributed by atoms with E-state index in [9.17, 15) is 10.1 Å². The van der Waals surface area contributed by atoms with Gasteiger partial charge in [-0.15, -0.1) is 0 Å². The Morgan fingerprint density at radius 2 is 2.00 bits per heavy atom. The highest BCUT2D eigenvalue weighted by Crippen LogP contribution is 2.28. The maximum absolute atomic E-state index is 10.6. The fourth-order valence-electron chi connectivity index (χ4n) is 1.62. The van der Waals surface area contributed by atoms with E-state index in [1.807, 2.05) is 19.9 Å². The molecule has 0 aliphatic rings. The van der Waals surface area contributed by atoms with Crippen molar-refractivity contribution in [2.24, 2.45) is 0 Å². The number of nitrogens with one attached hydrogen (secondary N) is 1. The average molecular weight is 290 g/mol. The topological polar surface area (TPSA) is 81.0 Å². The van der Waals surface area contributed by atoms with Crippen molar-refractivity contribution >= 4 is 23.3 Å². The molecule has 0 radical (unpaired) electrons. The van der Waals surface area contributed by atoms with E-state index >= 15 is 0 Å². The second kappa shape index (κ2) is 6.33. The Hall–Kier alpha value is -2.15. The summed E-state index contributed by atoms with van der Waals surface area (Å²) in [5.74, 6) is 1.47. The van der Waals surface area contributed by atoms with Gasteiger partial charge in [0.2, 0.25) is 0 Å². The quantitative estimate of drug-likeness (QED) is 0.517. The zero-order chi connectivity index (χ0) is 14.5. The van der Waals surface area contributed by atoms with Crippen LogP contribution in [0.4, 0.5) is 11.5 Å². The van der Waals surface area contributed by atoms with Gasteiger partial charge in [0.05, 0.1) is 4.92 Å². The number of aryl methyl sites for hydroxylation is 1. The van der Waals surface area contributed by atoms with E-state index in [-0.39, 0.29) is 5.69 Å². The fraction of sp³-hybridized carbons (Fsp3) is 0.231. The first-order chi connectivity index (χ1) is 9.58. The summed E-state index contributed by atoms with van der Waals surface area (Å²) in [5.41, 5.74) is 0.0848. The van der Waals surface area contributed by atoms with Crippen LogP contribution in [0.25, 0.3) is 0 Å². The molecule has 2 rings (SSSR count). The molecule has 104 valence electrons. The molecule has 1 aromatic carbocycles.